The molecule has 16 heavy (non-hydrogen) atoms. The van der Waals surface area contributed by atoms with Crippen LogP contribution in [-0.4, -0.2) is 11.1 Å². The second-order valence-corrected chi connectivity index (χ2v) is 4.02. The van der Waals surface area contributed by atoms with E-state index in [9.17, 15) is 4.79 Å². The number of carbonyl (C=O) groups is 1. The molecule has 0 aromatic heterocycles. The van der Waals surface area contributed by atoms with Crippen LogP contribution in [0.25, 0.3) is 0 Å². The highest BCUT2D eigenvalue weighted by atomic mass is 16.4. The smallest absolute Gasteiger partial charge is 0.381 e. The average molecular weight is 220 g/mol. The minimum Gasteiger partial charge on any atom is -0.472 e. The molecule has 0 fully saturated rings. The number of carboxylic acid groups (broad SMARTS) is 1. The van der Waals surface area contributed by atoms with E-state index in [2.05, 4.69) is 44.8 Å². The number of hydrogen-bond donors (Lipinski definition) is 1. The number of hydrogen-bond acceptors (Lipinski definition) is 1. The maximum absolute atomic E-state index is 10.1. The van der Waals surface area contributed by atoms with Crippen LogP contribution in [-0.2, 0) is 4.79 Å². The predicted octanol–water partition coefficient (Wildman–Crippen LogP) is 3.55. The maximum Gasteiger partial charge on any atom is 0.381 e. The van der Waals surface area contributed by atoms with E-state index in [4.69, 9.17) is 5.11 Å². The summed E-state index contributed by atoms with van der Waals surface area (Å²) in [4.78, 5) is 10.1. The number of aliphatic carboxylic acids is 1. The van der Waals surface area contributed by atoms with Crippen molar-refractivity contribution >= 4 is 5.97 Å². The minimum atomic E-state index is -1.05. The summed E-state index contributed by atoms with van der Waals surface area (Å²) in [5, 5.41) is 8.29. The van der Waals surface area contributed by atoms with Gasteiger partial charge in [-0.25, -0.2) is 4.79 Å². The van der Waals surface area contributed by atoms with Gasteiger partial charge in [0.25, 0.3) is 0 Å². The van der Waals surface area contributed by atoms with E-state index in [1.54, 1.807) is 0 Å². The van der Waals surface area contributed by atoms with E-state index in [1.807, 2.05) is 0 Å². The summed E-state index contributed by atoms with van der Waals surface area (Å²) in [6.45, 7) is 6.30. The number of rotatable bonds is 5. The van der Waals surface area contributed by atoms with E-state index < -0.39 is 5.97 Å². The highest BCUT2D eigenvalue weighted by Gasteiger charge is 1.89. The molecular weight excluding hydrogens is 200 g/mol. The molecule has 0 spiro atoms. The van der Waals surface area contributed by atoms with Crippen LogP contribution >= 0.6 is 0 Å². The molecule has 2 nitrogen and oxygen atoms in total. The second kappa shape index (κ2) is 8.79. The molecule has 0 aromatic rings. The first kappa shape index (κ1) is 14.5. The van der Waals surface area contributed by atoms with Gasteiger partial charge in [0.1, 0.15) is 0 Å². The van der Waals surface area contributed by atoms with Crippen molar-refractivity contribution in [3.8, 4) is 11.8 Å². The Hall–Kier alpha value is -1.49. The summed E-state index contributed by atoms with van der Waals surface area (Å²) >= 11 is 0. The molecule has 0 saturated carbocycles. The maximum atomic E-state index is 10.1. The third-order valence-corrected chi connectivity index (χ3v) is 2.05. The lowest BCUT2D eigenvalue weighted by molar-refractivity contribution is -0.130. The Morgan fingerprint density at radius 2 is 1.88 bits per heavy atom. The zero-order chi connectivity index (χ0) is 12.4. The Morgan fingerprint density at radius 3 is 2.44 bits per heavy atom. The number of carboxylic acids is 1. The Morgan fingerprint density at radius 1 is 1.19 bits per heavy atom. The molecule has 0 aliphatic heterocycles. The normalized spacial score (nSPS) is 10.3. The molecule has 0 aromatic carbocycles. The van der Waals surface area contributed by atoms with Crippen molar-refractivity contribution in [2.24, 2.45) is 0 Å². The van der Waals surface area contributed by atoms with Crippen LogP contribution in [0.15, 0.2) is 23.3 Å². The van der Waals surface area contributed by atoms with Crippen LogP contribution in [0.5, 0.6) is 0 Å². The third kappa shape index (κ3) is 10.6. The topological polar surface area (TPSA) is 37.3 Å². The van der Waals surface area contributed by atoms with Crippen molar-refractivity contribution in [3.05, 3.63) is 23.3 Å². The quantitative estimate of drug-likeness (QED) is 0.437. The number of allylic oxidation sites excluding steroid dienone is 4. The van der Waals surface area contributed by atoms with Gasteiger partial charge < -0.3 is 5.11 Å². The van der Waals surface area contributed by atoms with Gasteiger partial charge in [0.15, 0.2) is 0 Å². The molecular formula is C14H20O2. The van der Waals surface area contributed by atoms with Crippen LogP contribution in [0.2, 0.25) is 0 Å². The fourth-order valence-electron chi connectivity index (χ4n) is 1.22. The van der Waals surface area contributed by atoms with Crippen molar-refractivity contribution in [1.29, 1.82) is 0 Å². The monoisotopic (exact) mass is 220 g/mol. The minimum absolute atomic E-state index is 0.617. The number of unbranched alkanes of at least 4 members (excludes halogenated alkanes) is 1. The van der Waals surface area contributed by atoms with Crippen LogP contribution < -0.4 is 0 Å². The van der Waals surface area contributed by atoms with E-state index >= 15 is 0 Å². The lowest BCUT2D eigenvalue weighted by Gasteiger charge is -1.97. The summed E-state index contributed by atoms with van der Waals surface area (Å²) in [5.41, 5.74) is 2.69. The SMILES string of the molecule is CC(C)=CCCC(C)=CCCC#CC(=O)O. The Labute approximate surface area is 98.1 Å². The van der Waals surface area contributed by atoms with Gasteiger partial charge in [-0.05, 0) is 40.0 Å². The van der Waals surface area contributed by atoms with Crippen LogP contribution in [0, 0.1) is 11.8 Å². The van der Waals surface area contributed by atoms with E-state index in [1.165, 1.54) is 11.1 Å². The summed E-state index contributed by atoms with van der Waals surface area (Å²) in [7, 11) is 0. The van der Waals surface area contributed by atoms with Crippen molar-refractivity contribution in [2.75, 3.05) is 0 Å². The molecule has 0 radical (unpaired) electrons. The van der Waals surface area contributed by atoms with Gasteiger partial charge in [0.2, 0.25) is 0 Å². The highest BCUT2D eigenvalue weighted by Crippen LogP contribution is 2.08. The van der Waals surface area contributed by atoms with Gasteiger partial charge in [-0.15, -0.1) is 0 Å². The van der Waals surface area contributed by atoms with Gasteiger partial charge >= 0.3 is 5.97 Å². The average Bonchev–Trinajstić information content (AvgIpc) is 2.16. The fourth-order valence-corrected chi connectivity index (χ4v) is 1.22. The Kier molecular flexibility index (Phi) is 7.97. The highest BCUT2D eigenvalue weighted by molar-refractivity contribution is 5.86. The first-order valence-electron chi connectivity index (χ1n) is 5.53. The predicted molar refractivity (Wildman–Crippen MR) is 67.1 cm³/mol. The second-order valence-electron chi connectivity index (χ2n) is 4.02. The van der Waals surface area contributed by atoms with E-state index in [-0.39, 0.29) is 0 Å². The van der Waals surface area contributed by atoms with Gasteiger partial charge in [0.05, 0.1) is 0 Å². The van der Waals surface area contributed by atoms with Crippen LogP contribution in [0.1, 0.15) is 46.5 Å². The fraction of sp³-hybridized carbons (Fsp3) is 0.500. The summed E-state index contributed by atoms with van der Waals surface area (Å²) in [6.07, 6.45) is 7.95. The molecule has 0 saturated heterocycles. The molecule has 1 N–H and O–H groups in total. The molecule has 0 rings (SSSR count). The van der Waals surface area contributed by atoms with Gasteiger partial charge in [-0.1, -0.05) is 29.2 Å². The van der Waals surface area contributed by atoms with Crippen LogP contribution in [0.3, 0.4) is 0 Å². The molecule has 2 heteroatoms. The first-order chi connectivity index (χ1) is 7.52. The standard InChI is InChI=1S/C14H20O2/c1-12(2)8-7-10-13(3)9-5-4-6-11-14(15)16/h8-9H,4-5,7,10H2,1-3H3,(H,15,16). The van der Waals surface area contributed by atoms with Crippen molar-refractivity contribution in [1.82, 2.24) is 0 Å². The largest absolute Gasteiger partial charge is 0.472 e. The Bertz CT molecular complexity index is 333. The third-order valence-electron chi connectivity index (χ3n) is 2.05. The first-order valence-corrected chi connectivity index (χ1v) is 5.53. The molecule has 0 unspecified atom stereocenters. The van der Waals surface area contributed by atoms with Crippen LogP contribution in [0.4, 0.5) is 0 Å². The molecule has 0 amide bonds. The lowest BCUT2D eigenvalue weighted by Crippen LogP contribution is -1.86. The van der Waals surface area contributed by atoms with Crippen molar-refractivity contribution in [2.45, 2.75) is 46.5 Å². The zero-order valence-electron chi connectivity index (χ0n) is 10.3. The lowest BCUT2D eigenvalue weighted by atomic mass is 10.1. The van der Waals surface area contributed by atoms with E-state index in [0.29, 0.717) is 6.42 Å². The summed E-state index contributed by atoms with van der Waals surface area (Å²) in [6, 6.07) is 0. The van der Waals surface area contributed by atoms with Gasteiger partial charge in [0, 0.05) is 12.3 Å². The van der Waals surface area contributed by atoms with Crippen molar-refractivity contribution < 1.29 is 9.90 Å². The Balaban J connectivity index is 3.76. The zero-order valence-corrected chi connectivity index (χ0v) is 10.3. The molecule has 0 heterocycles. The molecule has 0 aliphatic rings. The molecule has 88 valence electrons. The molecule has 0 atom stereocenters. The van der Waals surface area contributed by atoms with Crippen molar-refractivity contribution in [3.63, 3.8) is 0 Å². The van der Waals surface area contributed by atoms with Gasteiger partial charge in [-0.2, -0.15) is 0 Å². The summed E-state index contributed by atoms with van der Waals surface area (Å²) < 4.78 is 0. The summed E-state index contributed by atoms with van der Waals surface area (Å²) in [5.74, 6) is 3.66. The van der Waals surface area contributed by atoms with E-state index in [0.717, 1.165) is 19.3 Å². The molecule has 0 aliphatic carbocycles. The van der Waals surface area contributed by atoms with Gasteiger partial charge in [-0.3, -0.25) is 0 Å². The molecule has 0 bridgehead atoms.